The molecule has 7 nitrogen and oxygen atoms in total. The maximum atomic E-state index is 14.8. The standard InChI is InChI=1S/C28H24FN5O2/c1-15-3-4-17(14-31-15)20-9-16(13-30)10-22-26(20)33-27(21-11-18-5-7-24(21)32-18)34(28(22)35)19-6-8-25(36-2)23(29)12-19/h3-4,6,8-10,12,14,18,21,24,32H,5,7,11H2,1-2H3. The molecule has 36 heavy (non-hydrogen) atoms. The topological polar surface area (TPSA) is 92.8 Å². The van der Waals surface area contributed by atoms with E-state index in [0.717, 1.165) is 30.5 Å². The van der Waals surface area contributed by atoms with E-state index in [1.54, 1.807) is 24.4 Å². The van der Waals surface area contributed by atoms with Crippen molar-refractivity contribution < 1.29 is 9.13 Å². The van der Waals surface area contributed by atoms with E-state index in [9.17, 15) is 14.4 Å². The lowest BCUT2D eigenvalue weighted by atomic mass is 9.88. The monoisotopic (exact) mass is 481 g/mol. The number of rotatable bonds is 4. The van der Waals surface area contributed by atoms with Crippen LogP contribution in [0, 0.1) is 24.1 Å². The fourth-order valence-corrected chi connectivity index (χ4v) is 5.62. The largest absolute Gasteiger partial charge is 0.494 e. The Morgan fingerprint density at radius 3 is 2.69 bits per heavy atom. The fourth-order valence-electron chi connectivity index (χ4n) is 5.62. The lowest BCUT2D eigenvalue weighted by molar-refractivity contribution is 0.386. The minimum Gasteiger partial charge on any atom is -0.494 e. The molecule has 180 valence electrons. The second kappa shape index (κ2) is 8.54. The van der Waals surface area contributed by atoms with Crippen LogP contribution in [0.15, 0.2) is 53.5 Å². The number of methoxy groups -OCH3 is 1. The molecular weight excluding hydrogens is 457 g/mol. The molecule has 0 aliphatic carbocycles. The molecule has 0 amide bonds. The molecule has 2 aromatic carbocycles. The molecule has 2 saturated heterocycles. The number of pyridine rings is 1. The third kappa shape index (κ3) is 3.55. The van der Waals surface area contributed by atoms with Crippen LogP contribution in [0.1, 0.15) is 42.3 Å². The summed E-state index contributed by atoms with van der Waals surface area (Å²) in [5.41, 5.74) is 3.24. The summed E-state index contributed by atoms with van der Waals surface area (Å²) in [4.78, 5) is 23.6. The van der Waals surface area contributed by atoms with Gasteiger partial charge in [-0.25, -0.2) is 9.37 Å². The van der Waals surface area contributed by atoms with Crippen LogP contribution in [0.4, 0.5) is 4.39 Å². The zero-order valence-corrected chi connectivity index (χ0v) is 20.0. The van der Waals surface area contributed by atoms with E-state index < -0.39 is 5.82 Å². The highest BCUT2D eigenvalue weighted by Crippen LogP contribution is 2.40. The van der Waals surface area contributed by atoms with E-state index in [1.165, 1.54) is 23.8 Å². The Morgan fingerprint density at radius 2 is 2.06 bits per heavy atom. The van der Waals surface area contributed by atoms with Gasteiger partial charge < -0.3 is 10.1 Å². The van der Waals surface area contributed by atoms with Gasteiger partial charge in [-0.2, -0.15) is 5.26 Å². The zero-order chi connectivity index (χ0) is 25.0. The van der Waals surface area contributed by atoms with E-state index in [-0.39, 0.29) is 23.3 Å². The maximum absolute atomic E-state index is 14.8. The van der Waals surface area contributed by atoms with Crippen LogP contribution in [-0.2, 0) is 0 Å². The number of halogens is 1. The average Bonchev–Trinajstić information content (AvgIpc) is 3.53. The summed E-state index contributed by atoms with van der Waals surface area (Å²) >= 11 is 0. The van der Waals surface area contributed by atoms with Gasteiger partial charge in [0.05, 0.1) is 35.3 Å². The first-order valence-corrected chi connectivity index (χ1v) is 12.0. The predicted molar refractivity (Wildman–Crippen MR) is 134 cm³/mol. The molecule has 3 atom stereocenters. The first-order valence-electron chi connectivity index (χ1n) is 12.0. The van der Waals surface area contributed by atoms with E-state index in [2.05, 4.69) is 16.4 Å². The van der Waals surface area contributed by atoms with E-state index in [0.29, 0.717) is 39.6 Å². The van der Waals surface area contributed by atoms with Crippen molar-refractivity contribution in [3.8, 4) is 28.6 Å². The lowest BCUT2D eigenvalue weighted by Gasteiger charge is -2.24. The summed E-state index contributed by atoms with van der Waals surface area (Å²) in [7, 11) is 1.40. The van der Waals surface area contributed by atoms with Crippen LogP contribution in [0.5, 0.6) is 5.75 Å². The molecule has 2 fully saturated rings. The Hall–Kier alpha value is -4.09. The number of aromatic nitrogens is 3. The number of hydrogen-bond donors (Lipinski definition) is 1. The Bertz CT molecular complexity index is 1610. The van der Waals surface area contributed by atoms with Crippen molar-refractivity contribution >= 4 is 10.9 Å². The third-order valence-electron chi connectivity index (χ3n) is 7.38. The van der Waals surface area contributed by atoms with Crippen LogP contribution in [0.25, 0.3) is 27.7 Å². The van der Waals surface area contributed by atoms with Gasteiger partial charge >= 0.3 is 0 Å². The molecule has 0 radical (unpaired) electrons. The van der Waals surface area contributed by atoms with Crippen LogP contribution in [0.3, 0.4) is 0 Å². The van der Waals surface area contributed by atoms with Crippen LogP contribution >= 0.6 is 0 Å². The van der Waals surface area contributed by atoms with Gasteiger partial charge in [0.2, 0.25) is 0 Å². The predicted octanol–water partition coefficient (Wildman–Crippen LogP) is 4.38. The SMILES string of the molecule is COc1ccc(-n2c(C3CC4CCC3N4)nc3c(-c4ccc(C)nc4)cc(C#N)cc3c2=O)cc1F. The number of ether oxygens (including phenoxy) is 1. The minimum absolute atomic E-state index is 0.00523. The highest BCUT2D eigenvalue weighted by Gasteiger charge is 2.42. The molecular formula is C28H24FN5O2. The first-order chi connectivity index (χ1) is 17.5. The van der Waals surface area contributed by atoms with Crippen molar-refractivity contribution in [1.82, 2.24) is 19.9 Å². The maximum Gasteiger partial charge on any atom is 0.266 e. The summed E-state index contributed by atoms with van der Waals surface area (Å²) in [6.45, 7) is 1.90. The molecule has 2 aliphatic rings. The highest BCUT2D eigenvalue weighted by atomic mass is 19.1. The van der Waals surface area contributed by atoms with Gasteiger partial charge in [-0.15, -0.1) is 0 Å². The van der Waals surface area contributed by atoms with Crippen molar-refractivity contribution in [3.05, 3.63) is 81.9 Å². The average molecular weight is 482 g/mol. The van der Waals surface area contributed by atoms with Gasteiger partial charge in [0.15, 0.2) is 11.6 Å². The summed E-state index contributed by atoms with van der Waals surface area (Å²) < 4.78 is 21.3. The number of nitrogens with one attached hydrogen (secondary N) is 1. The Morgan fingerprint density at radius 1 is 1.19 bits per heavy atom. The molecule has 6 rings (SSSR count). The Balaban J connectivity index is 1.67. The lowest BCUT2D eigenvalue weighted by Crippen LogP contribution is -2.30. The summed E-state index contributed by atoms with van der Waals surface area (Å²) in [5, 5.41) is 13.6. The molecule has 4 aromatic rings. The molecule has 1 N–H and O–H groups in total. The zero-order valence-electron chi connectivity index (χ0n) is 20.0. The smallest absolute Gasteiger partial charge is 0.266 e. The Labute approximate surface area is 207 Å². The third-order valence-corrected chi connectivity index (χ3v) is 7.38. The molecule has 8 heteroatoms. The van der Waals surface area contributed by atoms with Crippen LogP contribution in [-0.4, -0.2) is 33.7 Å². The molecule has 3 unspecified atom stereocenters. The van der Waals surface area contributed by atoms with Gasteiger partial charge in [-0.1, -0.05) is 6.07 Å². The molecule has 0 spiro atoms. The van der Waals surface area contributed by atoms with Gasteiger partial charge in [-0.3, -0.25) is 14.3 Å². The second-order valence-electron chi connectivity index (χ2n) is 9.54. The highest BCUT2D eigenvalue weighted by molar-refractivity contribution is 5.94. The quantitative estimate of drug-likeness (QED) is 0.465. The first kappa shape index (κ1) is 22.4. The molecule has 2 bridgehead atoms. The summed E-state index contributed by atoms with van der Waals surface area (Å²) in [6.07, 6.45) is 4.69. The van der Waals surface area contributed by atoms with Gasteiger partial charge in [0.25, 0.3) is 5.56 Å². The minimum atomic E-state index is -0.559. The number of hydrogen-bond acceptors (Lipinski definition) is 6. The van der Waals surface area contributed by atoms with E-state index in [1.807, 2.05) is 19.1 Å². The summed E-state index contributed by atoms with van der Waals surface area (Å²) in [5.74, 6) is 0.147. The van der Waals surface area contributed by atoms with Gasteiger partial charge in [0.1, 0.15) is 5.82 Å². The van der Waals surface area contributed by atoms with Crippen molar-refractivity contribution in [2.75, 3.05) is 7.11 Å². The van der Waals surface area contributed by atoms with Crippen molar-refractivity contribution in [3.63, 3.8) is 0 Å². The van der Waals surface area contributed by atoms with Crippen molar-refractivity contribution in [2.45, 2.75) is 44.2 Å². The van der Waals surface area contributed by atoms with E-state index >= 15 is 0 Å². The van der Waals surface area contributed by atoms with Crippen LogP contribution < -0.4 is 15.6 Å². The number of aryl methyl sites for hydroxylation is 1. The Kier molecular flexibility index (Phi) is 5.31. The normalized spacial score (nSPS) is 20.6. The number of fused-ring (bicyclic) bond motifs is 3. The fraction of sp³-hybridized carbons (Fsp3) is 0.286. The molecule has 2 aliphatic heterocycles. The van der Waals surface area contributed by atoms with Crippen LogP contribution in [0.2, 0.25) is 0 Å². The molecule has 4 heterocycles. The van der Waals surface area contributed by atoms with E-state index in [4.69, 9.17) is 9.72 Å². The number of nitrogens with zero attached hydrogens (tertiary/aromatic N) is 4. The van der Waals surface area contributed by atoms with Crippen molar-refractivity contribution in [1.29, 1.82) is 5.26 Å². The van der Waals surface area contributed by atoms with Gasteiger partial charge in [0, 0.05) is 47.1 Å². The second-order valence-corrected chi connectivity index (χ2v) is 9.54. The van der Waals surface area contributed by atoms with Gasteiger partial charge in [-0.05, 0) is 56.5 Å². The molecule has 0 saturated carbocycles. The van der Waals surface area contributed by atoms with Crippen molar-refractivity contribution in [2.24, 2.45) is 0 Å². The number of benzene rings is 2. The molecule has 2 aromatic heterocycles. The number of nitriles is 1. The summed E-state index contributed by atoms with van der Waals surface area (Å²) in [6, 6.07) is 14.4.